The number of benzene rings is 2. The Morgan fingerprint density at radius 2 is 1.70 bits per heavy atom. The number of nitrogens with zero attached hydrogens (tertiary/aromatic N) is 2. The van der Waals surface area contributed by atoms with Gasteiger partial charge < -0.3 is 9.64 Å². The van der Waals surface area contributed by atoms with Crippen LogP contribution in [0.5, 0.6) is 5.75 Å². The molecule has 5 rings (SSSR count). The quantitative estimate of drug-likeness (QED) is 0.641. The van der Waals surface area contributed by atoms with Crippen LogP contribution in [0.15, 0.2) is 60.2 Å². The van der Waals surface area contributed by atoms with Gasteiger partial charge in [0.2, 0.25) is 0 Å². The lowest BCUT2D eigenvalue weighted by Crippen LogP contribution is -2.40. The van der Waals surface area contributed by atoms with Crippen molar-refractivity contribution in [1.29, 1.82) is 0 Å². The van der Waals surface area contributed by atoms with Crippen LogP contribution in [0.2, 0.25) is 0 Å². The smallest absolute Gasteiger partial charge is 0.119 e. The molecule has 0 bridgehead atoms. The Bertz CT molecular complexity index is 856. The molecule has 1 unspecified atom stereocenters. The average Bonchev–Trinajstić information content (AvgIpc) is 3.46. The molecule has 0 radical (unpaired) electrons. The van der Waals surface area contributed by atoms with E-state index in [1.54, 1.807) is 5.57 Å². The zero-order valence-electron chi connectivity index (χ0n) is 17.9. The molecule has 2 fully saturated rings. The highest BCUT2D eigenvalue weighted by molar-refractivity contribution is 5.75. The molecule has 3 aliphatic rings. The van der Waals surface area contributed by atoms with Crippen LogP contribution in [0.25, 0.3) is 5.70 Å². The van der Waals surface area contributed by atoms with Crippen LogP contribution in [0.3, 0.4) is 0 Å². The van der Waals surface area contributed by atoms with Gasteiger partial charge in [0.1, 0.15) is 5.75 Å². The lowest BCUT2D eigenvalue weighted by molar-refractivity contribution is 0.263. The summed E-state index contributed by atoms with van der Waals surface area (Å²) >= 11 is 0. The summed E-state index contributed by atoms with van der Waals surface area (Å²) in [7, 11) is 0. The van der Waals surface area contributed by atoms with Crippen molar-refractivity contribution in [2.45, 2.75) is 51.0 Å². The van der Waals surface area contributed by atoms with Gasteiger partial charge in [0.15, 0.2) is 0 Å². The number of hydrogen-bond donors (Lipinski definition) is 1. The van der Waals surface area contributed by atoms with E-state index in [-0.39, 0.29) is 0 Å². The first-order valence-electron chi connectivity index (χ1n) is 11.7. The fourth-order valence-corrected chi connectivity index (χ4v) is 5.13. The van der Waals surface area contributed by atoms with Gasteiger partial charge in [-0.1, -0.05) is 36.8 Å². The molecule has 1 saturated heterocycles. The molecule has 1 N–H and O–H groups in total. The van der Waals surface area contributed by atoms with E-state index in [0.29, 0.717) is 6.04 Å². The van der Waals surface area contributed by atoms with Crippen molar-refractivity contribution in [1.82, 2.24) is 10.3 Å². The van der Waals surface area contributed by atoms with Gasteiger partial charge in [0.05, 0.1) is 24.0 Å². The van der Waals surface area contributed by atoms with E-state index in [4.69, 9.17) is 4.74 Å². The molecule has 2 aliphatic heterocycles. The maximum atomic E-state index is 6.00. The monoisotopic (exact) mass is 403 g/mol. The first kappa shape index (κ1) is 19.5. The third-order valence-corrected chi connectivity index (χ3v) is 6.70. The Labute approximate surface area is 180 Å². The Morgan fingerprint density at radius 1 is 0.900 bits per heavy atom. The second kappa shape index (κ2) is 9.13. The number of anilines is 1. The highest BCUT2D eigenvalue weighted by Gasteiger charge is 2.34. The lowest BCUT2D eigenvalue weighted by Gasteiger charge is -2.31. The number of hydrazine groups is 1. The van der Waals surface area contributed by atoms with Gasteiger partial charge in [-0.05, 0) is 87.0 Å². The van der Waals surface area contributed by atoms with Crippen molar-refractivity contribution in [3.8, 4) is 5.75 Å². The van der Waals surface area contributed by atoms with Crippen LogP contribution in [0.1, 0.15) is 50.5 Å². The fraction of sp³-hybridized carbons (Fsp3) is 0.462. The molecule has 1 aliphatic carbocycles. The van der Waals surface area contributed by atoms with Crippen LogP contribution in [0, 0.1) is 0 Å². The Kier molecular flexibility index (Phi) is 5.94. The van der Waals surface area contributed by atoms with Crippen LogP contribution in [0.4, 0.5) is 5.69 Å². The van der Waals surface area contributed by atoms with Crippen molar-refractivity contribution in [2.75, 3.05) is 31.3 Å². The Morgan fingerprint density at radius 3 is 2.50 bits per heavy atom. The van der Waals surface area contributed by atoms with Gasteiger partial charge in [0.25, 0.3) is 0 Å². The highest BCUT2D eigenvalue weighted by Crippen LogP contribution is 2.39. The zero-order chi connectivity index (χ0) is 20.2. The number of likely N-dealkylation sites (tertiary alicyclic amines) is 1. The summed E-state index contributed by atoms with van der Waals surface area (Å²) in [5, 5.41) is 2.37. The summed E-state index contributed by atoms with van der Waals surface area (Å²) in [4.78, 5) is 2.55. The van der Waals surface area contributed by atoms with Crippen LogP contribution < -0.4 is 15.2 Å². The SMILES string of the molecule is c1ccc(C2=C3CCCCC3N(c3ccc(OCCCN4CCCC4)cc3)N2)cc1. The van der Waals surface area contributed by atoms with Crippen molar-refractivity contribution in [2.24, 2.45) is 0 Å². The Hall–Kier alpha value is -2.46. The standard InChI is InChI=1S/C26H33N3O/c1-2-9-21(10-3-1)26-24-11-4-5-12-25(24)29(27-26)22-13-15-23(16-14-22)30-20-8-19-28-17-6-7-18-28/h1-3,9-10,13-16,25,27H,4-8,11-12,17-20H2. The van der Waals surface area contributed by atoms with E-state index >= 15 is 0 Å². The molecule has 158 valence electrons. The van der Waals surface area contributed by atoms with Gasteiger partial charge in [0, 0.05) is 6.54 Å². The van der Waals surface area contributed by atoms with Crippen LogP contribution in [-0.2, 0) is 0 Å². The van der Waals surface area contributed by atoms with Crippen LogP contribution >= 0.6 is 0 Å². The van der Waals surface area contributed by atoms with E-state index in [0.717, 1.165) is 25.3 Å². The summed E-state index contributed by atoms with van der Waals surface area (Å²) in [6, 6.07) is 19.9. The first-order chi connectivity index (χ1) is 14.9. The second-order valence-corrected chi connectivity index (χ2v) is 8.75. The van der Waals surface area contributed by atoms with Gasteiger partial charge in [-0.3, -0.25) is 10.4 Å². The lowest BCUT2D eigenvalue weighted by atomic mass is 9.88. The van der Waals surface area contributed by atoms with Crippen LogP contribution in [-0.4, -0.2) is 37.2 Å². The molecular formula is C26H33N3O. The molecule has 2 aromatic rings. The predicted molar refractivity (Wildman–Crippen MR) is 123 cm³/mol. The molecule has 0 amide bonds. The Balaban J connectivity index is 1.22. The molecule has 4 nitrogen and oxygen atoms in total. The maximum absolute atomic E-state index is 6.00. The molecule has 0 spiro atoms. The van der Waals surface area contributed by atoms with E-state index in [2.05, 4.69) is 69.9 Å². The molecule has 1 saturated carbocycles. The third-order valence-electron chi connectivity index (χ3n) is 6.70. The minimum absolute atomic E-state index is 0.459. The van der Waals surface area contributed by atoms with Gasteiger partial charge >= 0.3 is 0 Å². The largest absolute Gasteiger partial charge is 0.494 e. The summed E-state index contributed by atoms with van der Waals surface area (Å²) in [5.41, 5.74) is 9.12. The maximum Gasteiger partial charge on any atom is 0.119 e. The van der Waals surface area contributed by atoms with Crippen molar-refractivity contribution >= 4 is 11.4 Å². The number of hydrogen-bond acceptors (Lipinski definition) is 4. The molecule has 4 heteroatoms. The minimum Gasteiger partial charge on any atom is -0.494 e. The highest BCUT2D eigenvalue weighted by atomic mass is 16.5. The number of ether oxygens (including phenoxy) is 1. The van der Waals surface area contributed by atoms with Gasteiger partial charge in [-0.2, -0.15) is 0 Å². The zero-order valence-corrected chi connectivity index (χ0v) is 17.9. The van der Waals surface area contributed by atoms with E-state index in [9.17, 15) is 0 Å². The van der Waals surface area contributed by atoms with Crippen molar-refractivity contribution in [3.05, 3.63) is 65.7 Å². The van der Waals surface area contributed by atoms with E-state index < -0.39 is 0 Å². The predicted octanol–water partition coefficient (Wildman–Crippen LogP) is 5.23. The van der Waals surface area contributed by atoms with Crippen molar-refractivity contribution in [3.63, 3.8) is 0 Å². The topological polar surface area (TPSA) is 27.7 Å². The summed E-state index contributed by atoms with van der Waals surface area (Å²) in [5.74, 6) is 0.972. The molecule has 2 aromatic carbocycles. The third kappa shape index (κ3) is 4.20. The summed E-state index contributed by atoms with van der Waals surface area (Å²) in [6.45, 7) is 4.48. The molecule has 0 aromatic heterocycles. The van der Waals surface area contributed by atoms with E-state index in [1.807, 2.05) is 0 Å². The minimum atomic E-state index is 0.459. The molecule has 1 atom stereocenters. The van der Waals surface area contributed by atoms with E-state index in [1.165, 1.54) is 68.6 Å². The summed E-state index contributed by atoms with van der Waals surface area (Å²) in [6.07, 6.45) is 8.82. The molecule has 2 heterocycles. The first-order valence-corrected chi connectivity index (χ1v) is 11.7. The van der Waals surface area contributed by atoms with Crippen molar-refractivity contribution < 1.29 is 4.74 Å². The van der Waals surface area contributed by atoms with Gasteiger partial charge in [-0.25, -0.2) is 0 Å². The molecule has 30 heavy (non-hydrogen) atoms. The number of fused-ring (bicyclic) bond motifs is 1. The molecular weight excluding hydrogens is 370 g/mol. The number of nitrogens with one attached hydrogen (secondary N) is 1. The second-order valence-electron chi connectivity index (χ2n) is 8.75. The summed E-state index contributed by atoms with van der Waals surface area (Å²) < 4.78 is 6.00. The number of rotatable bonds is 7. The fourth-order valence-electron chi connectivity index (χ4n) is 5.13. The average molecular weight is 404 g/mol. The normalized spacial score (nSPS) is 21.6. The van der Waals surface area contributed by atoms with Gasteiger partial charge in [-0.15, -0.1) is 0 Å².